The number of hydrogen-bond donors (Lipinski definition) is 1. The van der Waals surface area contributed by atoms with E-state index in [1.54, 1.807) is 22.7 Å². The van der Waals surface area contributed by atoms with Crippen molar-refractivity contribution in [3.8, 4) is 28.5 Å². The van der Waals surface area contributed by atoms with Crippen LogP contribution in [0.2, 0.25) is 5.28 Å². The minimum atomic E-state index is 0.224. The molecule has 10 aromatic heterocycles. The van der Waals surface area contributed by atoms with Gasteiger partial charge < -0.3 is 13.8 Å². The highest BCUT2D eigenvalue weighted by Gasteiger charge is 2.27. The maximum atomic E-state index is 6.65. The molecule has 13 heteroatoms. The maximum Gasteiger partial charge on any atom is 0.236 e. The van der Waals surface area contributed by atoms with Crippen LogP contribution in [0, 0.1) is 0 Å². The fourth-order valence-corrected chi connectivity index (χ4v) is 20.9. The highest BCUT2D eigenvalue weighted by molar-refractivity contribution is 7.28. The number of para-hydroxylation sites is 4. The number of hydrogen-bond acceptors (Lipinski definition) is 10. The SMILES string of the molecule is Clc1nc(-c2cccc3c2sc2ccccc23)c2oc3ccccc3c2n1.c1ccc2c(c1)[nH]c1c3ccccc3c3sc4ccccc4c3c21.c1ccc2c(c1)oc1c(-c3cccc4c3sc3ccccc34)nc(-n3c4ccccc4c4c5c6ccccc6sc5c5ccccc5c43)nc12. The maximum absolute atomic E-state index is 6.65. The van der Waals surface area contributed by atoms with Crippen LogP contribution in [0.15, 0.2) is 288 Å². The zero-order valence-electron chi connectivity index (χ0n) is 53.1. The average Bonchev–Trinajstić information content (AvgIpc) is 1.53. The number of nitrogens with one attached hydrogen (secondary N) is 1. The largest absolute Gasteiger partial charge is 0.452 e. The number of thiophene rings is 4. The smallest absolute Gasteiger partial charge is 0.236 e. The van der Waals surface area contributed by atoms with Gasteiger partial charge in [-0.2, -0.15) is 0 Å². The van der Waals surface area contributed by atoms with Crippen molar-refractivity contribution in [2.75, 3.05) is 0 Å². The fourth-order valence-electron chi connectivity index (χ4n) is 15.8. The van der Waals surface area contributed by atoms with Gasteiger partial charge in [0.2, 0.25) is 11.2 Å². The lowest BCUT2D eigenvalue weighted by Gasteiger charge is -2.12. The number of fused-ring (bicyclic) bond motifs is 32. The van der Waals surface area contributed by atoms with E-state index in [0.29, 0.717) is 17.1 Å². The number of furan rings is 2. The number of halogens is 1. The molecule has 24 aromatic rings. The molecule has 0 bridgehead atoms. The lowest BCUT2D eigenvalue weighted by atomic mass is 10.00. The summed E-state index contributed by atoms with van der Waals surface area (Å²) in [5.41, 5.74) is 12.8. The van der Waals surface area contributed by atoms with Crippen molar-refractivity contribution in [1.82, 2.24) is 29.5 Å². The van der Waals surface area contributed by atoms with Crippen molar-refractivity contribution < 1.29 is 8.83 Å². The summed E-state index contributed by atoms with van der Waals surface area (Å²) in [4.78, 5) is 23.6. The number of benzene rings is 14. The first kappa shape index (κ1) is 57.1. The molecule has 0 radical (unpaired) electrons. The molecule has 1 N–H and O–H groups in total. The van der Waals surface area contributed by atoms with Gasteiger partial charge in [-0.25, -0.2) is 19.9 Å². The van der Waals surface area contributed by atoms with Crippen LogP contribution in [0.3, 0.4) is 0 Å². The molecule has 0 aliphatic carbocycles. The first-order valence-corrected chi connectivity index (χ1v) is 37.0. The predicted molar refractivity (Wildman–Crippen MR) is 431 cm³/mol. The summed E-state index contributed by atoms with van der Waals surface area (Å²) in [5, 5.41) is 22.6. The van der Waals surface area contributed by atoms with E-state index in [0.717, 1.165) is 66.5 Å². The monoisotopic (exact) mass is 1380 g/mol. The Balaban J connectivity index is 0.000000106. The number of H-pyrrole nitrogens is 1. The molecule has 0 saturated heterocycles. The molecule has 24 rings (SSSR count). The molecule has 472 valence electrons. The summed E-state index contributed by atoms with van der Waals surface area (Å²) in [7, 11) is 0. The Hall–Kier alpha value is -11.9. The number of nitrogens with zero attached hydrogens (tertiary/aromatic N) is 5. The quantitative estimate of drug-likeness (QED) is 0.177. The third-order valence-electron chi connectivity index (χ3n) is 20.1. The molecular formula is C88H47ClN6O2S4. The number of rotatable bonds is 3. The number of aromatic nitrogens is 6. The summed E-state index contributed by atoms with van der Waals surface area (Å²) >= 11 is 13.6. The molecule has 0 aliphatic rings. The van der Waals surface area contributed by atoms with Gasteiger partial charge in [0, 0.05) is 151 Å². The minimum absolute atomic E-state index is 0.224. The molecule has 8 nitrogen and oxygen atoms in total. The van der Waals surface area contributed by atoms with Crippen molar-refractivity contribution >= 4 is 247 Å². The van der Waals surface area contributed by atoms with Crippen molar-refractivity contribution in [3.05, 3.63) is 284 Å². The Bertz CT molecular complexity index is 7550. The summed E-state index contributed by atoms with van der Waals surface area (Å²) in [5.74, 6) is 0.632. The van der Waals surface area contributed by atoms with Crippen LogP contribution in [0.5, 0.6) is 0 Å². The van der Waals surface area contributed by atoms with Gasteiger partial charge in [0.25, 0.3) is 0 Å². The third-order valence-corrected chi connectivity index (χ3v) is 25.1. The molecule has 14 aromatic carbocycles. The fraction of sp³-hybridized carbons (Fsp3) is 0. The molecular weight excluding hydrogens is 1340 g/mol. The highest BCUT2D eigenvalue weighted by atomic mass is 35.5. The highest BCUT2D eigenvalue weighted by Crippen LogP contribution is 2.51. The van der Waals surface area contributed by atoms with Gasteiger partial charge in [0.05, 0.1) is 16.6 Å². The van der Waals surface area contributed by atoms with Crippen molar-refractivity contribution in [2.24, 2.45) is 0 Å². The Morgan fingerprint density at radius 1 is 0.307 bits per heavy atom. The molecule has 101 heavy (non-hydrogen) atoms. The van der Waals surface area contributed by atoms with Gasteiger partial charge in [-0.3, -0.25) is 4.57 Å². The van der Waals surface area contributed by atoms with Crippen LogP contribution in [-0.2, 0) is 0 Å². The Kier molecular flexibility index (Phi) is 12.5. The molecule has 10 heterocycles. The molecule has 0 fully saturated rings. The first-order chi connectivity index (χ1) is 50.0. The van der Waals surface area contributed by atoms with Crippen molar-refractivity contribution in [1.29, 1.82) is 0 Å². The van der Waals surface area contributed by atoms with Gasteiger partial charge in [-0.15, -0.1) is 45.3 Å². The van der Waals surface area contributed by atoms with Crippen LogP contribution in [0.1, 0.15) is 0 Å². The predicted octanol–water partition coefficient (Wildman–Crippen LogP) is 26.9. The van der Waals surface area contributed by atoms with E-state index in [1.165, 1.54) is 135 Å². The minimum Gasteiger partial charge on any atom is -0.452 e. The zero-order chi connectivity index (χ0) is 66.1. The second-order valence-corrected chi connectivity index (χ2v) is 30.1. The van der Waals surface area contributed by atoms with Crippen LogP contribution in [-0.4, -0.2) is 29.5 Å². The van der Waals surface area contributed by atoms with E-state index >= 15 is 0 Å². The van der Waals surface area contributed by atoms with Crippen LogP contribution < -0.4 is 0 Å². The summed E-state index contributed by atoms with van der Waals surface area (Å²) in [6.45, 7) is 0. The van der Waals surface area contributed by atoms with Crippen LogP contribution >= 0.6 is 56.9 Å². The summed E-state index contributed by atoms with van der Waals surface area (Å²) in [6.07, 6.45) is 0. The molecule has 0 atom stereocenters. The van der Waals surface area contributed by atoms with Gasteiger partial charge in [-0.05, 0) is 72.3 Å². The van der Waals surface area contributed by atoms with E-state index in [4.69, 9.17) is 30.4 Å². The first-order valence-electron chi connectivity index (χ1n) is 33.4. The van der Waals surface area contributed by atoms with Gasteiger partial charge in [0.1, 0.15) is 33.6 Å². The van der Waals surface area contributed by atoms with E-state index in [-0.39, 0.29) is 5.28 Å². The Morgan fingerprint density at radius 2 is 0.713 bits per heavy atom. The Labute approximate surface area is 593 Å². The van der Waals surface area contributed by atoms with E-state index in [1.807, 2.05) is 59.1 Å². The lowest BCUT2D eigenvalue weighted by molar-refractivity contribution is 0.666. The normalized spacial score (nSPS) is 12.2. The molecule has 0 spiro atoms. The van der Waals surface area contributed by atoms with Crippen LogP contribution in [0.4, 0.5) is 0 Å². The second-order valence-electron chi connectivity index (χ2n) is 25.5. The molecule has 0 amide bonds. The topological polar surface area (TPSA) is 98.6 Å². The van der Waals surface area contributed by atoms with E-state index in [2.05, 4.69) is 262 Å². The van der Waals surface area contributed by atoms with Crippen molar-refractivity contribution in [2.45, 2.75) is 0 Å². The van der Waals surface area contributed by atoms with E-state index in [9.17, 15) is 0 Å². The second kappa shape index (κ2) is 22.1. The molecule has 0 saturated carbocycles. The summed E-state index contributed by atoms with van der Waals surface area (Å²) < 4.78 is 25.3. The Morgan fingerprint density at radius 3 is 1.31 bits per heavy atom. The van der Waals surface area contributed by atoms with Gasteiger partial charge >= 0.3 is 0 Å². The average molecular weight is 1380 g/mol. The standard InChI is InChI=1S/C44H23N3OS2.C22H11ClN2OS.C22H13NS/c1-2-14-27-25(13-1)40-36(37-30-17-6-10-23-35(30)50-43(27)37)28-15-3-7-20-32(28)47(40)44-45-38-29-16-4-8-21-33(29)48-41(38)39(46-44)31-19-11-18-26-24-12-5-9-22-34(24)49-42(26)31;23-22-24-18-14-7-1-3-10-16(14)26-20(18)19(25-22)15-9-5-8-13-12-6-2-4-11-17(12)27-21(13)15;1-2-8-14-13(7-1)21-19(15-9-3-5-11-17(15)23-21)20-16-10-4-6-12-18(16)24-22(14)20/h1-23H;1-11H;1-12,23H. The van der Waals surface area contributed by atoms with E-state index < -0.39 is 0 Å². The van der Waals surface area contributed by atoms with Gasteiger partial charge in [-0.1, -0.05) is 218 Å². The van der Waals surface area contributed by atoms with Crippen LogP contribution in [0.25, 0.3) is 218 Å². The van der Waals surface area contributed by atoms with Gasteiger partial charge in [0.15, 0.2) is 11.2 Å². The molecule has 0 unspecified atom stereocenters. The zero-order valence-corrected chi connectivity index (χ0v) is 57.1. The molecule has 0 aliphatic heterocycles. The lowest BCUT2D eigenvalue weighted by Crippen LogP contribution is -2.03. The van der Waals surface area contributed by atoms with Crippen molar-refractivity contribution in [3.63, 3.8) is 0 Å². The summed E-state index contributed by atoms with van der Waals surface area (Å²) in [6, 6.07) is 98.4. The number of aromatic amines is 1. The third kappa shape index (κ3) is 8.45.